The number of ether oxygens (including phenoxy) is 1. The van der Waals surface area contributed by atoms with Crippen molar-refractivity contribution in [2.75, 3.05) is 26.7 Å². The van der Waals surface area contributed by atoms with Crippen LogP contribution in [0, 0.1) is 23.7 Å². The highest BCUT2D eigenvalue weighted by molar-refractivity contribution is 6.31. The van der Waals surface area contributed by atoms with Crippen LogP contribution in [0.15, 0.2) is 48.7 Å². The van der Waals surface area contributed by atoms with Crippen LogP contribution in [0.4, 0.5) is 17.6 Å². The molecule has 1 aliphatic heterocycles. The Bertz CT molecular complexity index is 1400. The zero-order chi connectivity index (χ0) is 28.2. The molecular formula is C29H27ClF4N2O3. The van der Waals surface area contributed by atoms with Gasteiger partial charge in [-0.15, -0.1) is 0 Å². The number of pyridine rings is 1. The monoisotopic (exact) mass is 562 g/mol. The summed E-state index contributed by atoms with van der Waals surface area (Å²) in [6.45, 7) is 0.947. The molecule has 0 saturated carbocycles. The van der Waals surface area contributed by atoms with Crippen molar-refractivity contribution < 1.29 is 32.2 Å². The highest BCUT2D eigenvalue weighted by Gasteiger charge is 2.34. The lowest BCUT2D eigenvalue weighted by Crippen LogP contribution is -2.44. The highest BCUT2D eigenvalue weighted by Crippen LogP contribution is 2.35. The summed E-state index contributed by atoms with van der Waals surface area (Å²) >= 11 is 6.00. The van der Waals surface area contributed by atoms with Crippen molar-refractivity contribution in [3.63, 3.8) is 0 Å². The molecule has 2 heterocycles. The van der Waals surface area contributed by atoms with Crippen molar-refractivity contribution in [2.45, 2.75) is 31.6 Å². The Morgan fingerprint density at radius 2 is 2.05 bits per heavy atom. The average molecular weight is 563 g/mol. The summed E-state index contributed by atoms with van der Waals surface area (Å²) in [5, 5.41) is 10.6. The van der Waals surface area contributed by atoms with Crippen molar-refractivity contribution in [2.24, 2.45) is 11.8 Å². The van der Waals surface area contributed by atoms with Crippen LogP contribution in [0.2, 0.25) is 5.02 Å². The number of hydrogen-bond donors (Lipinski definition) is 1. The third-order valence-corrected chi connectivity index (χ3v) is 7.42. The van der Waals surface area contributed by atoms with Gasteiger partial charge in [0.2, 0.25) is 0 Å². The molecule has 0 bridgehead atoms. The second-order valence-corrected chi connectivity index (χ2v) is 9.96. The van der Waals surface area contributed by atoms with E-state index in [0.29, 0.717) is 41.6 Å². The van der Waals surface area contributed by atoms with Crippen molar-refractivity contribution in [1.29, 1.82) is 0 Å². The van der Waals surface area contributed by atoms with Gasteiger partial charge in [0, 0.05) is 23.7 Å². The van der Waals surface area contributed by atoms with Gasteiger partial charge < -0.3 is 9.84 Å². The van der Waals surface area contributed by atoms with Gasteiger partial charge >= 0.3 is 12.1 Å². The lowest BCUT2D eigenvalue weighted by molar-refractivity contribution is -0.146. The van der Waals surface area contributed by atoms with Gasteiger partial charge in [-0.2, -0.15) is 13.2 Å². The number of halogens is 5. The first kappa shape index (κ1) is 28.7. The first-order valence-electron chi connectivity index (χ1n) is 12.4. The molecule has 4 rings (SSSR count). The Balaban J connectivity index is 1.39. The Hall–Kier alpha value is -3.35. The molecule has 1 N–H and O–H groups in total. The van der Waals surface area contributed by atoms with Gasteiger partial charge in [0.15, 0.2) is 0 Å². The molecule has 0 radical (unpaired) electrons. The minimum Gasteiger partial charge on any atom is -0.497 e. The number of aromatic nitrogens is 1. The third-order valence-electron chi connectivity index (χ3n) is 7.09. The third kappa shape index (κ3) is 7.00. The molecule has 10 heteroatoms. The van der Waals surface area contributed by atoms with Gasteiger partial charge in [0.1, 0.15) is 11.9 Å². The molecule has 3 atom stereocenters. The number of likely N-dealkylation sites (tertiary alicyclic amines) is 1. The summed E-state index contributed by atoms with van der Waals surface area (Å²) in [6, 6.07) is 9.86. The molecule has 0 aliphatic carbocycles. The largest absolute Gasteiger partial charge is 0.497 e. The number of carboxylic acids is 1. The maximum absolute atomic E-state index is 15.4. The smallest absolute Gasteiger partial charge is 0.416 e. The number of methoxy groups -OCH3 is 1. The maximum atomic E-state index is 15.4. The summed E-state index contributed by atoms with van der Waals surface area (Å²) in [5.41, 5.74) is 0.367. The number of aliphatic carboxylic acids is 1. The SMILES string of the molecule is COc1ccc2nccc([C@@H](F)CC[C@@H]3CCN(CC#Cc4cc(C(F)(F)F)ccc4Cl)C[C@@H]3C(=O)O)c2c1. The van der Waals surface area contributed by atoms with E-state index in [1.165, 1.54) is 7.11 Å². The maximum Gasteiger partial charge on any atom is 0.416 e. The summed E-state index contributed by atoms with van der Waals surface area (Å²) in [6.07, 6.45) is -3.14. The minimum atomic E-state index is -4.51. The van der Waals surface area contributed by atoms with Crippen LogP contribution in [-0.2, 0) is 11.0 Å². The second-order valence-electron chi connectivity index (χ2n) is 9.55. The van der Waals surface area contributed by atoms with Gasteiger partial charge in [-0.3, -0.25) is 14.7 Å². The van der Waals surface area contributed by atoms with E-state index < -0.39 is 29.8 Å². The summed E-state index contributed by atoms with van der Waals surface area (Å²) < 4.78 is 59.6. The molecular weight excluding hydrogens is 536 g/mol. The summed E-state index contributed by atoms with van der Waals surface area (Å²) in [7, 11) is 1.54. The van der Waals surface area contributed by atoms with Gasteiger partial charge in [-0.1, -0.05) is 23.4 Å². The number of hydrogen-bond acceptors (Lipinski definition) is 4. The number of alkyl halides is 4. The van der Waals surface area contributed by atoms with Crippen LogP contribution in [0.5, 0.6) is 5.75 Å². The van der Waals surface area contributed by atoms with Crippen molar-refractivity contribution in [3.05, 3.63) is 70.4 Å². The van der Waals surface area contributed by atoms with Gasteiger partial charge in [0.05, 0.1) is 35.7 Å². The fourth-order valence-electron chi connectivity index (χ4n) is 4.94. The molecule has 0 amide bonds. The Kier molecular flexibility index (Phi) is 8.98. The Labute approximate surface area is 228 Å². The van der Waals surface area contributed by atoms with E-state index in [1.807, 2.05) is 4.90 Å². The van der Waals surface area contributed by atoms with Crippen LogP contribution in [-0.4, -0.2) is 47.7 Å². The van der Waals surface area contributed by atoms with Crippen LogP contribution < -0.4 is 4.74 Å². The molecule has 1 aliphatic rings. The summed E-state index contributed by atoms with van der Waals surface area (Å²) in [4.78, 5) is 18.2. The molecule has 3 aromatic rings. The normalized spacial score (nSPS) is 18.8. The van der Waals surface area contributed by atoms with E-state index in [9.17, 15) is 23.1 Å². The van der Waals surface area contributed by atoms with Crippen LogP contribution in [0.3, 0.4) is 0 Å². The number of nitrogens with zero attached hydrogens (tertiary/aromatic N) is 2. The zero-order valence-corrected chi connectivity index (χ0v) is 21.9. The lowest BCUT2D eigenvalue weighted by atomic mass is 9.81. The first-order valence-corrected chi connectivity index (χ1v) is 12.8. The number of fused-ring (bicyclic) bond motifs is 1. The van der Waals surface area contributed by atoms with Crippen LogP contribution in [0.1, 0.15) is 42.1 Å². The van der Waals surface area contributed by atoms with E-state index in [-0.39, 0.29) is 36.0 Å². The predicted octanol–water partition coefficient (Wildman–Crippen LogP) is 6.78. The predicted molar refractivity (Wildman–Crippen MR) is 140 cm³/mol. The lowest BCUT2D eigenvalue weighted by Gasteiger charge is -2.35. The molecule has 1 saturated heterocycles. The molecule has 2 aromatic carbocycles. The van der Waals surface area contributed by atoms with Gasteiger partial charge in [0.25, 0.3) is 0 Å². The molecule has 0 spiro atoms. The van der Waals surface area contributed by atoms with E-state index in [4.69, 9.17) is 16.3 Å². The van der Waals surface area contributed by atoms with Crippen LogP contribution in [0.25, 0.3) is 10.9 Å². The number of carboxylic acid groups (broad SMARTS) is 1. The van der Waals surface area contributed by atoms with Gasteiger partial charge in [-0.05, 0) is 79.8 Å². The van der Waals surface area contributed by atoms with E-state index in [2.05, 4.69) is 16.8 Å². The standard InChI is InChI=1S/C29H27ClF4N2O3/c1-39-21-6-9-27-23(16-21)22(10-12-35-27)26(31)8-4-18-11-14-36(17-24(18)28(37)38)13-2-3-19-15-20(29(32,33)34)5-7-25(19)30/h5-7,9-10,12,15-16,18,24,26H,4,8,11,13-14,17H2,1H3,(H,37,38)/t18-,24+,26+/m1/s1. The number of benzene rings is 2. The van der Waals surface area contributed by atoms with Crippen molar-refractivity contribution in [3.8, 4) is 17.6 Å². The highest BCUT2D eigenvalue weighted by atomic mass is 35.5. The fourth-order valence-corrected chi connectivity index (χ4v) is 5.11. The van der Waals surface area contributed by atoms with E-state index >= 15 is 4.39 Å². The molecule has 1 fully saturated rings. The second kappa shape index (κ2) is 12.2. The first-order chi connectivity index (χ1) is 18.6. The van der Waals surface area contributed by atoms with Crippen LogP contribution >= 0.6 is 11.6 Å². The topological polar surface area (TPSA) is 62.7 Å². The molecule has 0 unspecified atom stereocenters. The number of piperidine rings is 1. The fraction of sp³-hybridized carbons (Fsp3) is 0.379. The van der Waals surface area contributed by atoms with Crippen molar-refractivity contribution >= 4 is 28.5 Å². The van der Waals surface area contributed by atoms with Crippen molar-refractivity contribution in [1.82, 2.24) is 9.88 Å². The number of rotatable bonds is 7. The average Bonchev–Trinajstić information content (AvgIpc) is 2.91. The van der Waals surface area contributed by atoms with E-state index in [0.717, 1.165) is 18.2 Å². The Morgan fingerprint density at radius 1 is 1.26 bits per heavy atom. The molecule has 39 heavy (non-hydrogen) atoms. The van der Waals surface area contributed by atoms with Gasteiger partial charge in [-0.25, -0.2) is 4.39 Å². The zero-order valence-electron chi connectivity index (χ0n) is 21.1. The molecule has 1 aromatic heterocycles. The minimum absolute atomic E-state index is 0.0615. The number of carbonyl (C=O) groups is 1. The van der Waals surface area contributed by atoms with E-state index in [1.54, 1.807) is 30.5 Å². The molecule has 206 valence electrons. The Morgan fingerprint density at radius 3 is 2.77 bits per heavy atom. The molecule has 5 nitrogen and oxygen atoms in total. The quantitative estimate of drug-likeness (QED) is 0.254. The summed E-state index contributed by atoms with van der Waals surface area (Å²) in [5.74, 6) is 4.20.